The zero-order valence-electron chi connectivity index (χ0n) is 8.05. The molecule has 1 fully saturated rings. The van der Waals surface area contributed by atoms with Crippen molar-refractivity contribution in [3.8, 4) is 11.5 Å². The van der Waals surface area contributed by atoms with E-state index in [0.717, 1.165) is 0 Å². The molecule has 0 radical (unpaired) electrons. The van der Waals surface area contributed by atoms with Crippen LogP contribution in [0.15, 0.2) is 6.07 Å². The number of hydrogen-bond donors (Lipinski definition) is 2. The molecule has 1 aliphatic rings. The van der Waals surface area contributed by atoms with Crippen LogP contribution in [0, 0.1) is 5.82 Å². The number of rotatable bonds is 2. The first kappa shape index (κ1) is 10.5. The van der Waals surface area contributed by atoms with Gasteiger partial charge in [0.2, 0.25) is 0 Å². The maximum Gasteiger partial charge on any atom is 0.174 e. The molecule has 3 nitrogen and oxygen atoms in total. The van der Waals surface area contributed by atoms with E-state index in [9.17, 15) is 14.6 Å². The summed E-state index contributed by atoms with van der Waals surface area (Å²) >= 11 is 5.70. The number of hydrogen-bond acceptors (Lipinski definition) is 3. The van der Waals surface area contributed by atoms with Gasteiger partial charge in [-0.1, -0.05) is 11.6 Å². The molecule has 0 amide bonds. The summed E-state index contributed by atoms with van der Waals surface area (Å²) in [5, 5.41) is 19.4. The number of phenolic OH excluding ortho intramolecular Hbond substituents is 1. The van der Waals surface area contributed by atoms with E-state index in [1.54, 1.807) is 0 Å². The predicted molar refractivity (Wildman–Crippen MR) is 52.8 cm³/mol. The van der Waals surface area contributed by atoms with Gasteiger partial charge in [0, 0.05) is 6.07 Å². The zero-order chi connectivity index (χ0) is 11.2. The number of aromatic hydroxyl groups is 1. The van der Waals surface area contributed by atoms with E-state index in [4.69, 9.17) is 16.3 Å². The first-order valence-electron chi connectivity index (χ1n) is 4.47. The molecule has 1 saturated carbocycles. The van der Waals surface area contributed by atoms with Gasteiger partial charge in [-0.15, -0.1) is 0 Å². The largest absolute Gasteiger partial charge is 0.506 e. The molecule has 0 heterocycles. The Morgan fingerprint density at radius 1 is 1.53 bits per heavy atom. The topological polar surface area (TPSA) is 49.7 Å². The van der Waals surface area contributed by atoms with Crippen molar-refractivity contribution < 1.29 is 19.3 Å². The average molecular weight is 233 g/mol. The Bertz CT molecular complexity index is 416. The highest BCUT2D eigenvalue weighted by molar-refractivity contribution is 6.32. The molecule has 0 unspecified atom stereocenters. The monoisotopic (exact) mass is 232 g/mol. The van der Waals surface area contributed by atoms with E-state index in [1.165, 1.54) is 13.2 Å². The molecule has 0 saturated heterocycles. The molecule has 0 atom stereocenters. The van der Waals surface area contributed by atoms with Gasteiger partial charge in [0.25, 0.3) is 0 Å². The Morgan fingerprint density at radius 2 is 2.13 bits per heavy atom. The lowest BCUT2D eigenvalue weighted by atomic mass is 10.1. The third-order valence-electron chi connectivity index (χ3n) is 2.57. The third-order valence-corrected chi connectivity index (χ3v) is 2.85. The molecule has 0 bridgehead atoms. The van der Waals surface area contributed by atoms with Crippen LogP contribution in [0.1, 0.15) is 18.4 Å². The number of aliphatic hydroxyl groups is 1. The van der Waals surface area contributed by atoms with Crippen molar-refractivity contribution in [2.24, 2.45) is 0 Å². The highest BCUT2D eigenvalue weighted by Crippen LogP contribution is 2.52. The van der Waals surface area contributed by atoms with Crippen LogP contribution in [0.25, 0.3) is 0 Å². The summed E-state index contributed by atoms with van der Waals surface area (Å²) < 4.78 is 18.5. The van der Waals surface area contributed by atoms with Crippen molar-refractivity contribution >= 4 is 11.6 Å². The molecule has 0 aliphatic heterocycles. The molecule has 1 aliphatic carbocycles. The van der Waals surface area contributed by atoms with Gasteiger partial charge in [-0.25, -0.2) is 4.39 Å². The van der Waals surface area contributed by atoms with Gasteiger partial charge in [-0.05, 0) is 12.8 Å². The highest BCUT2D eigenvalue weighted by Gasteiger charge is 2.47. The SMILES string of the molecule is COc1cc(Cl)c(O)c(C2(O)CC2)c1F. The summed E-state index contributed by atoms with van der Waals surface area (Å²) in [5.41, 5.74) is -1.45. The van der Waals surface area contributed by atoms with E-state index in [-0.39, 0.29) is 16.3 Å². The number of phenols is 1. The summed E-state index contributed by atoms with van der Waals surface area (Å²) in [7, 11) is 1.30. The van der Waals surface area contributed by atoms with Crippen LogP contribution in [0.4, 0.5) is 4.39 Å². The Morgan fingerprint density at radius 3 is 2.60 bits per heavy atom. The fraction of sp³-hybridized carbons (Fsp3) is 0.400. The lowest BCUT2D eigenvalue weighted by Gasteiger charge is -2.15. The summed E-state index contributed by atoms with van der Waals surface area (Å²) in [6, 6.07) is 1.18. The van der Waals surface area contributed by atoms with Crippen LogP contribution >= 0.6 is 11.6 Å². The Hall–Kier alpha value is -1.00. The fourth-order valence-electron chi connectivity index (χ4n) is 1.53. The number of halogens is 2. The number of ether oxygens (including phenoxy) is 1. The second-order valence-electron chi connectivity index (χ2n) is 3.63. The van der Waals surface area contributed by atoms with E-state index in [1.807, 2.05) is 0 Å². The van der Waals surface area contributed by atoms with Crippen molar-refractivity contribution in [2.45, 2.75) is 18.4 Å². The van der Waals surface area contributed by atoms with E-state index in [0.29, 0.717) is 12.8 Å². The van der Waals surface area contributed by atoms with Crippen molar-refractivity contribution in [3.63, 3.8) is 0 Å². The zero-order valence-corrected chi connectivity index (χ0v) is 8.81. The Balaban J connectivity index is 2.65. The summed E-state index contributed by atoms with van der Waals surface area (Å²) in [4.78, 5) is 0. The van der Waals surface area contributed by atoms with Gasteiger partial charge in [-0.2, -0.15) is 0 Å². The molecular formula is C10H10ClFO3. The predicted octanol–water partition coefficient (Wildman–Crippen LogP) is 2.17. The molecule has 2 rings (SSSR count). The van der Waals surface area contributed by atoms with Crippen LogP contribution in [-0.2, 0) is 5.60 Å². The minimum absolute atomic E-state index is 0.0245. The van der Waals surface area contributed by atoms with Gasteiger partial charge in [-0.3, -0.25) is 0 Å². The molecule has 0 spiro atoms. The average Bonchev–Trinajstić information content (AvgIpc) is 2.91. The molecule has 0 aromatic heterocycles. The third kappa shape index (κ3) is 1.54. The fourth-order valence-corrected chi connectivity index (χ4v) is 1.73. The maximum absolute atomic E-state index is 13.7. The van der Waals surface area contributed by atoms with Crippen molar-refractivity contribution in [1.29, 1.82) is 0 Å². The molecule has 82 valence electrons. The van der Waals surface area contributed by atoms with Gasteiger partial charge < -0.3 is 14.9 Å². The molecule has 1 aromatic rings. The standard InChI is InChI=1S/C10H10ClFO3/c1-15-6-4-5(11)9(13)7(8(6)12)10(14)2-3-10/h4,13-14H,2-3H2,1H3. The van der Waals surface area contributed by atoms with Crippen LogP contribution in [-0.4, -0.2) is 17.3 Å². The summed E-state index contributed by atoms with van der Waals surface area (Å²) in [6.45, 7) is 0. The lowest BCUT2D eigenvalue weighted by Crippen LogP contribution is -2.09. The van der Waals surface area contributed by atoms with E-state index in [2.05, 4.69) is 0 Å². The molecule has 5 heteroatoms. The molecule has 15 heavy (non-hydrogen) atoms. The van der Waals surface area contributed by atoms with Gasteiger partial charge in [0.15, 0.2) is 11.6 Å². The van der Waals surface area contributed by atoms with Crippen molar-refractivity contribution in [1.82, 2.24) is 0 Å². The van der Waals surface area contributed by atoms with Crippen LogP contribution in [0.5, 0.6) is 11.5 Å². The normalized spacial score (nSPS) is 17.6. The van der Waals surface area contributed by atoms with Crippen molar-refractivity contribution in [3.05, 3.63) is 22.5 Å². The summed E-state index contributed by atoms with van der Waals surface area (Å²) in [5.74, 6) is -1.23. The van der Waals surface area contributed by atoms with Crippen LogP contribution in [0.3, 0.4) is 0 Å². The number of methoxy groups -OCH3 is 1. The maximum atomic E-state index is 13.7. The molecule has 1 aromatic carbocycles. The van der Waals surface area contributed by atoms with Gasteiger partial charge in [0.05, 0.1) is 23.3 Å². The number of benzene rings is 1. The van der Waals surface area contributed by atoms with E-state index >= 15 is 0 Å². The minimum atomic E-state index is -1.29. The first-order valence-corrected chi connectivity index (χ1v) is 4.85. The second-order valence-corrected chi connectivity index (χ2v) is 4.04. The summed E-state index contributed by atoms with van der Waals surface area (Å²) in [6.07, 6.45) is 0.835. The minimum Gasteiger partial charge on any atom is -0.506 e. The van der Waals surface area contributed by atoms with Crippen LogP contribution in [0.2, 0.25) is 5.02 Å². The molecular weight excluding hydrogens is 223 g/mol. The van der Waals surface area contributed by atoms with Gasteiger partial charge in [0.1, 0.15) is 5.75 Å². The highest BCUT2D eigenvalue weighted by atomic mass is 35.5. The smallest absolute Gasteiger partial charge is 0.174 e. The van der Waals surface area contributed by atoms with Gasteiger partial charge >= 0.3 is 0 Å². The van der Waals surface area contributed by atoms with Crippen LogP contribution < -0.4 is 4.74 Å². The Kier molecular flexibility index (Phi) is 2.28. The molecule has 2 N–H and O–H groups in total. The quantitative estimate of drug-likeness (QED) is 0.822. The Labute approximate surface area is 91.1 Å². The first-order chi connectivity index (χ1) is 6.99. The second kappa shape index (κ2) is 3.25. The van der Waals surface area contributed by atoms with Crippen molar-refractivity contribution in [2.75, 3.05) is 7.11 Å². The lowest BCUT2D eigenvalue weighted by molar-refractivity contribution is 0.141. The van der Waals surface area contributed by atoms with E-state index < -0.39 is 17.2 Å².